The summed E-state index contributed by atoms with van der Waals surface area (Å²) in [6, 6.07) is 28.1. The monoisotopic (exact) mass is 474 g/mol. The number of ether oxygens (including phenoxy) is 2. The molecule has 4 rings (SSSR count). The Bertz CT molecular complexity index is 1370. The van der Waals surface area contributed by atoms with Crippen molar-refractivity contribution in [3.05, 3.63) is 107 Å². The summed E-state index contributed by atoms with van der Waals surface area (Å²) < 4.78 is 11.9. The molecular formula is C29H22N4O3. The lowest BCUT2D eigenvalue weighted by Crippen LogP contribution is -2.19. The largest absolute Gasteiger partial charge is 0.457 e. The van der Waals surface area contributed by atoms with Crippen LogP contribution in [0, 0.1) is 36.5 Å². The van der Waals surface area contributed by atoms with Crippen LogP contribution in [0.15, 0.2) is 84.9 Å². The predicted octanol–water partition coefficient (Wildman–Crippen LogP) is 7.28. The molecule has 0 unspecified atom stereocenters. The third-order valence-corrected chi connectivity index (χ3v) is 5.31. The lowest BCUT2D eigenvalue weighted by molar-refractivity contribution is 0.262. The summed E-state index contributed by atoms with van der Waals surface area (Å²) in [6.45, 7) is 3.81. The summed E-state index contributed by atoms with van der Waals surface area (Å²) in [5.41, 5.74) is 4.01. The number of urea groups is 1. The Morgan fingerprint density at radius 2 is 1.03 bits per heavy atom. The van der Waals surface area contributed by atoms with Crippen molar-refractivity contribution in [3.63, 3.8) is 0 Å². The first kappa shape index (κ1) is 23.9. The lowest BCUT2D eigenvalue weighted by atomic mass is 10.2. The maximum Gasteiger partial charge on any atom is 0.323 e. The van der Waals surface area contributed by atoms with Gasteiger partial charge in [0.15, 0.2) is 0 Å². The van der Waals surface area contributed by atoms with Crippen molar-refractivity contribution in [1.82, 2.24) is 0 Å². The average Bonchev–Trinajstić information content (AvgIpc) is 2.89. The van der Waals surface area contributed by atoms with E-state index in [-0.39, 0.29) is 0 Å². The van der Waals surface area contributed by atoms with Crippen LogP contribution < -0.4 is 20.1 Å². The number of nitrogens with zero attached hydrogens (tertiary/aromatic N) is 2. The fourth-order valence-electron chi connectivity index (χ4n) is 3.32. The number of anilines is 2. The van der Waals surface area contributed by atoms with Gasteiger partial charge >= 0.3 is 6.03 Å². The molecule has 0 bridgehead atoms. The summed E-state index contributed by atoms with van der Waals surface area (Å²) in [4.78, 5) is 12.7. The van der Waals surface area contributed by atoms with Gasteiger partial charge in [0.05, 0.1) is 23.3 Å². The van der Waals surface area contributed by atoms with Gasteiger partial charge in [-0.25, -0.2) is 4.79 Å². The second-order valence-electron chi connectivity index (χ2n) is 8.02. The van der Waals surface area contributed by atoms with E-state index in [9.17, 15) is 4.79 Å². The van der Waals surface area contributed by atoms with Gasteiger partial charge < -0.3 is 20.1 Å². The van der Waals surface area contributed by atoms with Crippen LogP contribution in [0.1, 0.15) is 22.3 Å². The van der Waals surface area contributed by atoms with Crippen molar-refractivity contribution in [2.24, 2.45) is 0 Å². The van der Waals surface area contributed by atoms with E-state index in [0.29, 0.717) is 45.5 Å². The van der Waals surface area contributed by atoms with E-state index in [4.69, 9.17) is 20.0 Å². The van der Waals surface area contributed by atoms with E-state index < -0.39 is 6.03 Å². The normalized spacial score (nSPS) is 10.0. The molecule has 0 heterocycles. The first-order chi connectivity index (χ1) is 17.4. The predicted molar refractivity (Wildman–Crippen MR) is 137 cm³/mol. The van der Waals surface area contributed by atoms with E-state index in [0.717, 1.165) is 11.1 Å². The third kappa shape index (κ3) is 5.99. The number of amides is 2. The van der Waals surface area contributed by atoms with Crippen LogP contribution in [0.25, 0.3) is 0 Å². The fraction of sp³-hybridized carbons (Fsp3) is 0.0690. The van der Waals surface area contributed by atoms with Crippen LogP contribution in [0.5, 0.6) is 23.0 Å². The zero-order chi connectivity index (χ0) is 25.5. The number of carbonyl (C=O) groups is 1. The molecule has 2 amide bonds. The van der Waals surface area contributed by atoms with Crippen molar-refractivity contribution in [3.8, 4) is 35.1 Å². The molecular weight excluding hydrogens is 452 g/mol. The number of aryl methyl sites for hydroxylation is 2. The van der Waals surface area contributed by atoms with Gasteiger partial charge in [-0.05, 0) is 85.6 Å². The molecule has 0 fully saturated rings. The molecule has 0 radical (unpaired) electrons. The smallest absolute Gasteiger partial charge is 0.323 e. The van der Waals surface area contributed by atoms with Crippen LogP contribution in [-0.4, -0.2) is 6.03 Å². The number of hydrogen-bond acceptors (Lipinski definition) is 5. The van der Waals surface area contributed by atoms with Crippen LogP contribution in [0.3, 0.4) is 0 Å². The minimum atomic E-state index is -0.420. The summed E-state index contributed by atoms with van der Waals surface area (Å²) in [5.74, 6) is 2.36. The Hall–Kier alpha value is -5.27. The highest BCUT2D eigenvalue weighted by Gasteiger charge is 2.09. The molecule has 2 N–H and O–H groups in total. The molecule has 0 spiro atoms. The van der Waals surface area contributed by atoms with Gasteiger partial charge in [0.1, 0.15) is 23.0 Å². The van der Waals surface area contributed by atoms with Crippen LogP contribution >= 0.6 is 0 Å². The number of carbonyl (C=O) groups excluding carboxylic acids is 1. The Morgan fingerprint density at radius 1 is 0.639 bits per heavy atom. The lowest BCUT2D eigenvalue weighted by Gasteiger charge is -2.14. The van der Waals surface area contributed by atoms with Gasteiger partial charge in [-0.2, -0.15) is 10.5 Å². The third-order valence-electron chi connectivity index (χ3n) is 5.31. The quantitative estimate of drug-likeness (QED) is 0.305. The van der Waals surface area contributed by atoms with Crippen molar-refractivity contribution in [1.29, 1.82) is 10.5 Å². The standard InChI is InChI=1S/C29H22N4O3/c1-19-3-9-23(15-27(19)35-25-11-5-21(17-30)6-12-25)32-29(34)33-24-10-4-20(2)28(16-24)36-26-13-7-22(18-31)8-14-26/h3-16H,1-2H3,(H2,32,33,34). The molecule has 0 saturated heterocycles. The van der Waals surface area contributed by atoms with Gasteiger partial charge in [-0.3, -0.25) is 0 Å². The van der Waals surface area contributed by atoms with Crippen LogP contribution in [0.2, 0.25) is 0 Å². The molecule has 4 aromatic rings. The van der Waals surface area contributed by atoms with E-state index in [1.807, 2.05) is 26.0 Å². The first-order valence-corrected chi connectivity index (χ1v) is 11.1. The fourth-order valence-corrected chi connectivity index (χ4v) is 3.32. The number of hydrogen-bond donors (Lipinski definition) is 2. The molecule has 0 aliphatic rings. The average molecular weight is 475 g/mol. The van der Waals surface area contributed by atoms with Gasteiger partial charge in [-0.15, -0.1) is 0 Å². The number of rotatable bonds is 6. The van der Waals surface area contributed by atoms with E-state index >= 15 is 0 Å². The topological polar surface area (TPSA) is 107 Å². The minimum Gasteiger partial charge on any atom is -0.457 e. The van der Waals surface area contributed by atoms with Crippen LogP contribution in [-0.2, 0) is 0 Å². The van der Waals surface area contributed by atoms with Gasteiger partial charge in [0.2, 0.25) is 0 Å². The summed E-state index contributed by atoms with van der Waals surface area (Å²) in [6.07, 6.45) is 0. The molecule has 0 atom stereocenters. The molecule has 7 heteroatoms. The van der Waals surface area contributed by atoms with Crippen LogP contribution in [0.4, 0.5) is 16.2 Å². The second kappa shape index (κ2) is 10.8. The Labute approximate surface area is 209 Å². The number of nitriles is 2. The highest BCUT2D eigenvalue weighted by Crippen LogP contribution is 2.30. The highest BCUT2D eigenvalue weighted by molar-refractivity contribution is 6.00. The Balaban J connectivity index is 1.43. The van der Waals surface area contributed by atoms with Crippen molar-refractivity contribution in [2.75, 3.05) is 10.6 Å². The van der Waals surface area contributed by atoms with Crippen molar-refractivity contribution >= 4 is 17.4 Å². The maximum atomic E-state index is 12.7. The first-order valence-electron chi connectivity index (χ1n) is 11.1. The molecule has 176 valence electrons. The van der Waals surface area contributed by atoms with Crippen molar-refractivity contribution < 1.29 is 14.3 Å². The minimum absolute atomic E-state index is 0.420. The van der Waals surface area contributed by atoms with E-state index in [2.05, 4.69) is 22.8 Å². The molecule has 36 heavy (non-hydrogen) atoms. The summed E-state index contributed by atoms with van der Waals surface area (Å²) in [7, 11) is 0. The zero-order valence-corrected chi connectivity index (χ0v) is 19.7. The SMILES string of the molecule is Cc1ccc(NC(=O)Nc2ccc(C)c(Oc3ccc(C#N)cc3)c2)cc1Oc1ccc(C#N)cc1. The number of nitrogens with one attached hydrogen (secondary N) is 2. The highest BCUT2D eigenvalue weighted by atomic mass is 16.5. The number of benzene rings is 4. The zero-order valence-electron chi connectivity index (χ0n) is 19.7. The molecule has 0 saturated carbocycles. The summed E-state index contributed by atoms with van der Waals surface area (Å²) in [5, 5.41) is 23.5. The van der Waals surface area contributed by atoms with E-state index in [1.165, 1.54) is 0 Å². The van der Waals surface area contributed by atoms with Gasteiger partial charge in [0.25, 0.3) is 0 Å². The Kier molecular flexibility index (Phi) is 7.14. The molecule has 0 aromatic heterocycles. The van der Waals surface area contributed by atoms with E-state index in [1.54, 1.807) is 72.8 Å². The molecule has 7 nitrogen and oxygen atoms in total. The second-order valence-corrected chi connectivity index (χ2v) is 8.02. The molecule has 0 aliphatic heterocycles. The summed E-state index contributed by atoms with van der Waals surface area (Å²) >= 11 is 0. The molecule has 4 aromatic carbocycles. The maximum absolute atomic E-state index is 12.7. The van der Waals surface area contributed by atoms with Gasteiger partial charge in [-0.1, -0.05) is 12.1 Å². The van der Waals surface area contributed by atoms with Gasteiger partial charge in [0, 0.05) is 23.5 Å². The Morgan fingerprint density at radius 3 is 1.39 bits per heavy atom. The molecule has 0 aliphatic carbocycles. The van der Waals surface area contributed by atoms with Crippen molar-refractivity contribution in [2.45, 2.75) is 13.8 Å².